The number of nitrogens with zero attached hydrogens (tertiary/aromatic N) is 3. The van der Waals surface area contributed by atoms with E-state index < -0.39 is 0 Å². The minimum absolute atomic E-state index is 0.0388. The van der Waals surface area contributed by atoms with E-state index in [1.807, 2.05) is 17.0 Å². The lowest BCUT2D eigenvalue weighted by Crippen LogP contribution is -2.44. The molecule has 0 spiro atoms. The summed E-state index contributed by atoms with van der Waals surface area (Å²) in [5.41, 5.74) is 1.04. The Labute approximate surface area is 76.6 Å². The van der Waals surface area contributed by atoms with Gasteiger partial charge in [0.05, 0.1) is 13.1 Å². The predicted molar refractivity (Wildman–Crippen MR) is 48.5 cm³/mol. The first-order chi connectivity index (χ1) is 6.36. The van der Waals surface area contributed by atoms with Gasteiger partial charge in [0.2, 0.25) is 0 Å². The van der Waals surface area contributed by atoms with Crippen LogP contribution in [0.1, 0.15) is 0 Å². The topological polar surface area (TPSA) is 47.3 Å². The van der Waals surface area contributed by atoms with Crippen LogP contribution >= 0.6 is 0 Å². The maximum atomic E-state index is 11.0. The van der Waals surface area contributed by atoms with E-state index in [1.54, 1.807) is 12.4 Å². The minimum Gasteiger partial charge on any atom is -0.360 e. The molecule has 1 radical (unpaired) electrons. The van der Waals surface area contributed by atoms with Crippen LogP contribution in [0.3, 0.4) is 0 Å². The number of piperazine rings is 1. The normalized spacial score (nSPS) is 16.9. The van der Waals surface area contributed by atoms with Crippen molar-refractivity contribution in [2.24, 2.45) is 0 Å². The maximum Gasteiger partial charge on any atom is 0.260 e. The van der Waals surface area contributed by atoms with E-state index in [1.165, 1.54) is 0 Å². The van der Waals surface area contributed by atoms with Gasteiger partial charge in [0.25, 0.3) is 5.91 Å². The van der Waals surface area contributed by atoms with Gasteiger partial charge in [-0.2, -0.15) is 0 Å². The fraction of sp³-hybridized carbons (Fsp3) is 0.333. The third-order valence-electron chi connectivity index (χ3n) is 2.01. The first-order valence-electron chi connectivity index (χ1n) is 4.21. The van der Waals surface area contributed by atoms with Crippen LogP contribution < -0.4 is 10.2 Å². The second kappa shape index (κ2) is 3.43. The average Bonchev–Trinajstić information content (AvgIpc) is 2.19. The summed E-state index contributed by atoms with van der Waals surface area (Å²) in [6.45, 7) is 1.81. The molecule has 0 aliphatic carbocycles. The van der Waals surface area contributed by atoms with Crippen LogP contribution in [-0.4, -0.2) is 30.5 Å². The highest BCUT2D eigenvalue weighted by Crippen LogP contribution is 2.12. The van der Waals surface area contributed by atoms with Gasteiger partial charge in [-0.1, -0.05) is 0 Å². The molecule has 0 unspecified atom stereocenters. The van der Waals surface area contributed by atoms with E-state index in [-0.39, 0.29) is 5.91 Å². The van der Waals surface area contributed by atoms with Crippen molar-refractivity contribution in [2.75, 3.05) is 24.5 Å². The number of hydrogen-bond acceptors (Lipinski definition) is 3. The first kappa shape index (κ1) is 8.04. The predicted octanol–water partition coefficient (Wildman–Crippen LogP) is 0.0326. The molecule has 4 heteroatoms. The molecule has 2 heterocycles. The molecule has 0 N–H and O–H groups in total. The summed E-state index contributed by atoms with van der Waals surface area (Å²) in [5.74, 6) is -0.0388. The van der Waals surface area contributed by atoms with Crippen molar-refractivity contribution in [3.05, 3.63) is 24.5 Å². The zero-order valence-corrected chi connectivity index (χ0v) is 7.18. The quantitative estimate of drug-likeness (QED) is 0.606. The molecule has 2 rings (SSSR count). The molecule has 1 aliphatic rings. The number of aromatic nitrogens is 1. The Morgan fingerprint density at radius 2 is 2.08 bits per heavy atom. The van der Waals surface area contributed by atoms with Crippen LogP contribution in [-0.2, 0) is 4.79 Å². The van der Waals surface area contributed by atoms with Gasteiger partial charge in [-0.3, -0.25) is 9.78 Å². The highest BCUT2D eigenvalue weighted by atomic mass is 16.2. The Hall–Kier alpha value is -1.58. The van der Waals surface area contributed by atoms with Gasteiger partial charge in [0.15, 0.2) is 0 Å². The van der Waals surface area contributed by atoms with E-state index in [2.05, 4.69) is 10.3 Å². The number of hydrogen-bond donors (Lipinski definition) is 0. The van der Waals surface area contributed by atoms with Crippen molar-refractivity contribution in [3.8, 4) is 0 Å². The molecule has 4 nitrogen and oxygen atoms in total. The maximum absolute atomic E-state index is 11.0. The Balaban J connectivity index is 2.13. The minimum atomic E-state index is -0.0388. The molecule has 0 atom stereocenters. The SMILES string of the molecule is O=C1CN(c2ccncc2)CC[N]1. The molecule has 1 aliphatic heterocycles. The van der Waals surface area contributed by atoms with Gasteiger partial charge >= 0.3 is 0 Å². The number of amides is 1. The largest absolute Gasteiger partial charge is 0.360 e. The van der Waals surface area contributed by atoms with Crippen molar-refractivity contribution in [1.29, 1.82) is 0 Å². The third kappa shape index (κ3) is 1.77. The van der Waals surface area contributed by atoms with Crippen molar-refractivity contribution in [3.63, 3.8) is 0 Å². The third-order valence-corrected chi connectivity index (χ3v) is 2.01. The molecule has 1 fully saturated rings. The highest BCUT2D eigenvalue weighted by Gasteiger charge is 2.17. The van der Waals surface area contributed by atoms with Crippen LogP contribution in [0.25, 0.3) is 0 Å². The molecule has 1 amide bonds. The van der Waals surface area contributed by atoms with Crippen molar-refractivity contribution in [1.82, 2.24) is 10.3 Å². The van der Waals surface area contributed by atoms with Crippen LogP contribution in [0.2, 0.25) is 0 Å². The van der Waals surface area contributed by atoms with Gasteiger partial charge < -0.3 is 4.90 Å². The second-order valence-electron chi connectivity index (χ2n) is 2.90. The van der Waals surface area contributed by atoms with Crippen LogP contribution in [0.5, 0.6) is 0 Å². The number of rotatable bonds is 1. The van der Waals surface area contributed by atoms with E-state index in [0.29, 0.717) is 13.1 Å². The van der Waals surface area contributed by atoms with Gasteiger partial charge in [-0.15, -0.1) is 0 Å². The summed E-state index contributed by atoms with van der Waals surface area (Å²) in [4.78, 5) is 17.0. The fourth-order valence-electron chi connectivity index (χ4n) is 1.36. The second-order valence-corrected chi connectivity index (χ2v) is 2.90. The molecular formula is C9H10N3O. The van der Waals surface area contributed by atoms with Crippen LogP contribution in [0.4, 0.5) is 5.69 Å². The van der Waals surface area contributed by atoms with Gasteiger partial charge in [0, 0.05) is 24.6 Å². The average molecular weight is 176 g/mol. The lowest BCUT2D eigenvalue weighted by Gasteiger charge is -2.26. The van der Waals surface area contributed by atoms with Crippen molar-refractivity contribution in [2.45, 2.75) is 0 Å². The van der Waals surface area contributed by atoms with Gasteiger partial charge in [-0.25, -0.2) is 5.32 Å². The molecule has 0 saturated carbocycles. The first-order valence-corrected chi connectivity index (χ1v) is 4.21. The van der Waals surface area contributed by atoms with Crippen molar-refractivity contribution >= 4 is 11.6 Å². The summed E-state index contributed by atoms with van der Waals surface area (Å²) < 4.78 is 0. The number of carbonyl (C=O) groups excluding carboxylic acids is 1. The lowest BCUT2D eigenvalue weighted by molar-refractivity contribution is -0.120. The number of carbonyl (C=O) groups is 1. The number of anilines is 1. The monoisotopic (exact) mass is 176 g/mol. The molecule has 1 aromatic heterocycles. The van der Waals surface area contributed by atoms with Crippen LogP contribution in [0.15, 0.2) is 24.5 Å². The Bertz CT molecular complexity index is 299. The zero-order valence-electron chi connectivity index (χ0n) is 7.18. The number of pyridine rings is 1. The molecule has 0 aromatic carbocycles. The van der Waals surface area contributed by atoms with E-state index in [4.69, 9.17) is 0 Å². The van der Waals surface area contributed by atoms with E-state index in [9.17, 15) is 4.79 Å². The summed E-state index contributed by atoms with van der Waals surface area (Å²) >= 11 is 0. The molecular weight excluding hydrogens is 166 g/mol. The summed E-state index contributed by atoms with van der Waals surface area (Å²) in [6, 6.07) is 3.80. The summed E-state index contributed by atoms with van der Waals surface area (Å²) in [5, 5.41) is 3.81. The van der Waals surface area contributed by atoms with E-state index in [0.717, 1.165) is 12.2 Å². The molecule has 0 bridgehead atoms. The van der Waals surface area contributed by atoms with E-state index >= 15 is 0 Å². The molecule has 13 heavy (non-hydrogen) atoms. The van der Waals surface area contributed by atoms with Crippen LogP contribution in [0, 0.1) is 0 Å². The van der Waals surface area contributed by atoms with Crippen molar-refractivity contribution < 1.29 is 4.79 Å². The Morgan fingerprint density at radius 3 is 2.77 bits per heavy atom. The summed E-state index contributed by atoms with van der Waals surface area (Å²) in [6.07, 6.45) is 3.46. The summed E-state index contributed by atoms with van der Waals surface area (Å²) in [7, 11) is 0. The lowest BCUT2D eigenvalue weighted by atomic mass is 10.3. The molecule has 1 saturated heterocycles. The Kier molecular flexibility index (Phi) is 2.12. The Morgan fingerprint density at radius 1 is 1.31 bits per heavy atom. The fourth-order valence-corrected chi connectivity index (χ4v) is 1.36. The smallest absolute Gasteiger partial charge is 0.260 e. The van der Waals surface area contributed by atoms with Gasteiger partial charge in [0.1, 0.15) is 0 Å². The standard InChI is InChI=1S/C9H10N3O/c13-9-7-12(6-5-11-9)8-1-3-10-4-2-8/h1-4H,5-7H2. The van der Waals surface area contributed by atoms with Gasteiger partial charge in [-0.05, 0) is 12.1 Å². The molecule has 67 valence electrons. The highest BCUT2D eigenvalue weighted by molar-refractivity contribution is 5.82. The zero-order chi connectivity index (χ0) is 9.10. The molecule has 1 aromatic rings.